The van der Waals surface area contributed by atoms with Crippen molar-refractivity contribution in [1.29, 1.82) is 15.8 Å². The first-order chi connectivity index (χ1) is 7.33. The second kappa shape index (κ2) is 3.92. The number of rotatable bonds is 0. The van der Waals surface area contributed by atoms with E-state index in [9.17, 15) is 0 Å². The van der Waals surface area contributed by atoms with Crippen LogP contribution in [0.25, 0.3) is 0 Å². The lowest BCUT2D eigenvalue weighted by molar-refractivity contribution is 0.108. The van der Waals surface area contributed by atoms with Crippen LogP contribution in [-0.4, -0.2) is 9.90 Å². The monoisotopic (exact) mass is 276 g/mol. The fourth-order valence-electron chi connectivity index (χ4n) is 1.31. The van der Waals surface area contributed by atoms with E-state index in [1.165, 1.54) is 0 Å². The highest BCUT2D eigenvalue weighted by atomic mass is 35.6. The molecule has 0 amide bonds. The van der Waals surface area contributed by atoms with Gasteiger partial charge in [0.1, 0.15) is 11.6 Å². The van der Waals surface area contributed by atoms with E-state index < -0.39 is 15.3 Å². The van der Waals surface area contributed by atoms with Gasteiger partial charge in [0.05, 0.1) is 12.1 Å². The van der Waals surface area contributed by atoms with Gasteiger partial charge < -0.3 is 10.5 Å². The number of hydrogen-bond donors (Lipinski definition) is 1. The normalized spacial score (nSPS) is 22.9. The summed E-state index contributed by atoms with van der Waals surface area (Å²) in [4.78, 5) is 0. The highest BCUT2D eigenvalue weighted by Crippen LogP contribution is 2.49. The Morgan fingerprint density at radius 3 is 2.06 bits per heavy atom. The number of ether oxygens (including phenoxy) is 1. The summed E-state index contributed by atoms with van der Waals surface area (Å²) in [5.41, 5.74) is 3.03. The Balaban J connectivity index is 3.42. The lowest BCUT2D eigenvalue weighted by atomic mass is 9.80. The van der Waals surface area contributed by atoms with Crippen LogP contribution in [0.1, 0.15) is 0 Å². The van der Waals surface area contributed by atoms with Crippen LogP contribution >= 0.6 is 34.8 Å². The average molecular weight is 277 g/mol. The number of nitrogens with two attached hydrogens (primary N) is 1. The molecular formula is C8H3Cl3N4O. The molecule has 0 radical (unpaired) electrons. The lowest BCUT2D eigenvalue weighted by Crippen LogP contribution is -2.40. The molecule has 0 fully saturated rings. The van der Waals surface area contributed by atoms with E-state index in [4.69, 9.17) is 61.1 Å². The third-order valence-corrected chi connectivity index (χ3v) is 2.64. The van der Waals surface area contributed by atoms with Gasteiger partial charge in [-0.25, -0.2) is 0 Å². The summed E-state index contributed by atoms with van der Waals surface area (Å²) in [7, 11) is 0. The first-order valence-electron chi connectivity index (χ1n) is 3.79. The Bertz CT molecular complexity index is 459. The summed E-state index contributed by atoms with van der Waals surface area (Å²) < 4.78 is 2.87. The molecule has 0 aromatic rings. The van der Waals surface area contributed by atoms with Crippen LogP contribution in [0.15, 0.2) is 11.5 Å². The first-order valence-corrected chi connectivity index (χ1v) is 4.93. The van der Waals surface area contributed by atoms with Crippen LogP contribution in [0.2, 0.25) is 0 Å². The predicted octanol–water partition coefficient (Wildman–Crippen LogP) is 1.48. The van der Waals surface area contributed by atoms with Crippen LogP contribution in [0.5, 0.6) is 0 Å². The van der Waals surface area contributed by atoms with Crippen LogP contribution < -0.4 is 5.73 Å². The van der Waals surface area contributed by atoms with Gasteiger partial charge in [-0.1, -0.05) is 34.8 Å². The van der Waals surface area contributed by atoms with Gasteiger partial charge in [-0.3, -0.25) is 0 Å². The third kappa shape index (κ3) is 1.62. The molecule has 16 heavy (non-hydrogen) atoms. The molecule has 0 bridgehead atoms. The highest BCUT2D eigenvalue weighted by Gasteiger charge is 2.60. The topological polar surface area (TPSA) is 107 Å². The quantitative estimate of drug-likeness (QED) is 0.675. The van der Waals surface area contributed by atoms with Gasteiger partial charge >= 0.3 is 0 Å². The standard InChI is InChI=1S/C8H3Cl3N4O/c9-8(10,11)6-7(2-13,3-14)4(1-12)5(15)16-6/h6H,15H2/t6-/m0/s1. The van der Waals surface area contributed by atoms with Crippen molar-refractivity contribution in [2.45, 2.75) is 9.90 Å². The van der Waals surface area contributed by atoms with E-state index in [0.29, 0.717) is 0 Å². The molecule has 0 unspecified atom stereocenters. The minimum Gasteiger partial charge on any atom is -0.467 e. The number of nitrogens with zero attached hydrogens (tertiary/aromatic N) is 3. The Labute approximate surface area is 106 Å². The van der Waals surface area contributed by atoms with Crippen molar-refractivity contribution in [3.8, 4) is 18.2 Å². The molecule has 2 N–H and O–H groups in total. The molecule has 0 aliphatic carbocycles. The maximum Gasteiger partial charge on any atom is 0.229 e. The zero-order chi connectivity index (χ0) is 12.6. The Kier molecular flexibility index (Phi) is 3.13. The number of hydrogen-bond acceptors (Lipinski definition) is 5. The Morgan fingerprint density at radius 1 is 1.25 bits per heavy atom. The van der Waals surface area contributed by atoms with Gasteiger partial charge in [-0.2, -0.15) is 15.8 Å². The Hall–Kier alpha value is -1.32. The molecule has 1 atom stereocenters. The summed E-state index contributed by atoms with van der Waals surface area (Å²) in [6.07, 6.45) is -1.44. The van der Waals surface area contributed by atoms with Crippen LogP contribution in [0, 0.1) is 39.4 Å². The minimum absolute atomic E-state index is 0.339. The fourth-order valence-corrected chi connectivity index (χ4v) is 1.93. The maximum absolute atomic E-state index is 9.00. The molecule has 1 heterocycles. The van der Waals surface area contributed by atoms with Gasteiger partial charge in [0, 0.05) is 0 Å². The van der Waals surface area contributed by atoms with Crippen LogP contribution in [-0.2, 0) is 4.74 Å². The molecular weight excluding hydrogens is 274 g/mol. The van der Waals surface area contributed by atoms with Gasteiger partial charge in [-0.15, -0.1) is 0 Å². The SMILES string of the molecule is N#CC1=C(N)O[C@H](C(Cl)(Cl)Cl)C1(C#N)C#N. The fraction of sp³-hybridized carbons (Fsp3) is 0.375. The van der Waals surface area contributed by atoms with E-state index in [1.807, 2.05) is 0 Å². The lowest BCUT2D eigenvalue weighted by Gasteiger charge is -2.26. The van der Waals surface area contributed by atoms with Crippen molar-refractivity contribution in [3.63, 3.8) is 0 Å². The number of alkyl halides is 3. The Morgan fingerprint density at radius 2 is 1.75 bits per heavy atom. The molecule has 0 aromatic carbocycles. The molecule has 8 heteroatoms. The zero-order valence-electron chi connectivity index (χ0n) is 7.54. The smallest absolute Gasteiger partial charge is 0.229 e. The maximum atomic E-state index is 9.00. The van der Waals surface area contributed by atoms with Crippen molar-refractivity contribution in [2.24, 2.45) is 11.1 Å². The molecule has 0 saturated carbocycles. The van der Waals surface area contributed by atoms with E-state index in [2.05, 4.69) is 0 Å². The average Bonchev–Trinajstić information content (AvgIpc) is 2.50. The molecule has 0 saturated heterocycles. The summed E-state index contributed by atoms with van der Waals surface area (Å²) in [5.74, 6) is -0.373. The third-order valence-electron chi connectivity index (χ3n) is 2.04. The molecule has 1 aliphatic rings. The molecule has 1 aliphatic heterocycles. The van der Waals surface area contributed by atoms with Crippen molar-refractivity contribution in [2.75, 3.05) is 0 Å². The van der Waals surface area contributed by atoms with Crippen molar-refractivity contribution >= 4 is 34.8 Å². The molecule has 5 nitrogen and oxygen atoms in total. The van der Waals surface area contributed by atoms with Gasteiger partial charge in [-0.05, 0) is 0 Å². The van der Waals surface area contributed by atoms with Gasteiger partial charge in [0.25, 0.3) is 0 Å². The molecule has 82 valence electrons. The molecule has 0 spiro atoms. The summed E-state index contributed by atoms with van der Waals surface area (Å²) in [6, 6.07) is 4.85. The first kappa shape index (κ1) is 12.7. The molecule has 1 rings (SSSR count). The summed E-state index contributed by atoms with van der Waals surface area (Å²) in [5, 5.41) is 26.8. The van der Waals surface area contributed by atoms with E-state index in [1.54, 1.807) is 18.2 Å². The van der Waals surface area contributed by atoms with E-state index in [-0.39, 0.29) is 11.5 Å². The number of halogens is 3. The van der Waals surface area contributed by atoms with Crippen molar-refractivity contribution in [3.05, 3.63) is 11.5 Å². The van der Waals surface area contributed by atoms with E-state index in [0.717, 1.165) is 0 Å². The second-order valence-corrected chi connectivity index (χ2v) is 5.29. The van der Waals surface area contributed by atoms with Gasteiger partial charge in [0.2, 0.25) is 15.1 Å². The van der Waals surface area contributed by atoms with Crippen molar-refractivity contribution in [1.82, 2.24) is 0 Å². The number of nitriles is 3. The highest BCUT2D eigenvalue weighted by molar-refractivity contribution is 6.68. The van der Waals surface area contributed by atoms with Gasteiger partial charge in [0.15, 0.2) is 6.10 Å². The summed E-state index contributed by atoms with van der Waals surface area (Å²) in [6.45, 7) is 0. The van der Waals surface area contributed by atoms with Crippen LogP contribution in [0.4, 0.5) is 0 Å². The summed E-state index contributed by atoms with van der Waals surface area (Å²) >= 11 is 16.7. The van der Waals surface area contributed by atoms with Crippen LogP contribution in [0.3, 0.4) is 0 Å². The predicted molar refractivity (Wildman–Crippen MR) is 55.6 cm³/mol. The zero-order valence-corrected chi connectivity index (χ0v) is 9.81. The largest absolute Gasteiger partial charge is 0.467 e. The molecule has 0 aromatic heterocycles. The van der Waals surface area contributed by atoms with E-state index >= 15 is 0 Å². The second-order valence-electron chi connectivity index (χ2n) is 2.92. The minimum atomic E-state index is -2.05. The van der Waals surface area contributed by atoms with Crippen molar-refractivity contribution < 1.29 is 4.74 Å².